The molecular weight excluding hydrogens is 346 g/mol. The Bertz CT molecular complexity index is 715. The summed E-state index contributed by atoms with van der Waals surface area (Å²) in [5.41, 5.74) is 0.771. The van der Waals surface area contributed by atoms with Crippen LogP contribution in [0.4, 0.5) is 5.69 Å². The highest BCUT2D eigenvalue weighted by molar-refractivity contribution is 6.09. The smallest absolute Gasteiger partial charge is 0.239 e. The number of hydrogen-bond donors (Lipinski definition) is 1. The van der Waals surface area contributed by atoms with E-state index in [0.717, 1.165) is 38.2 Å². The zero-order chi connectivity index (χ0) is 18.8. The Hall–Kier alpha value is -2.28. The number of nitrogens with one attached hydrogen (secondary N) is 1. The number of likely N-dealkylation sites (tertiary alicyclic amines) is 1. The van der Waals surface area contributed by atoms with Crippen LogP contribution in [-0.2, 0) is 9.59 Å². The molecule has 0 bridgehead atoms. The monoisotopic (exact) mass is 373 g/mol. The van der Waals surface area contributed by atoms with Crippen LogP contribution >= 0.6 is 0 Å². The maximum atomic E-state index is 12.9. The van der Waals surface area contributed by atoms with E-state index in [1.165, 1.54) is 0 Å². The van der Waals surface area contributed by atoms with Crippen molar-refractivity contribution in [3.8, 4) is 11.5 Å². The summed E-state index contributed by atoms with van der Waals surface area (Å²) in [4.78, 5) is 29.4. The van der Waals surface area contributed by atoms with Crippen LogP contribution in [0.5, 0.6) is 11.5 Å². The van der Waals surface area contributed by atoms with Crippen molar-refractivity contribution in [3.63, 3.8) is 0 Å². The summed E-state index contributed by atoms with van der Waals surface area (Å²) in [5, 5.41) is 3.21. The molecule has 7 heteroatoms. The van der Waals surface area contributed by atoms with E-state index < -0.39 is 5.92 Å². The Morgan fingerprint density at radius 1 is 1.11 bits per heavy atom. The minimum atomic E-state index is -0.556. The topological polar surface area (TPSA) is 71.1 Å². The van der Waals surface area contributed by atoms with E-state index in [4.69, 9.17) is 9.47 Å². The van der Waals surface area contributed by atoms with Crippen LogP contribution in [0, 0.1) is 11.8 Å². The van der Waals surface area contributed by atoms with E-state index in [1.54, 1.807) is 4.90 Å². The van der Waals surface area contributed by atoms with Gasteiger partial charge in [0.15, 0.2) is 11.5 Å². The third-order valence-electron chi connectivity index (χ3n) is 5.76. The molecule has 2 saturated heterocycles. The first-order valence-electron chi connectivity index (χ1n) is 9.82. The number of benzene rings is 1. The number of hydrogen-bond acceptors (Lipinski definition) is 5. The highest BCUT2D eigenvalue weighted by atomic mass is 16.6. The molecule has 1 N–H and O–H groups in total. The number of nitrogens with zero attached hydrogens (tertiary/aromatic N) is 2. The van der Waals surface area contributed by atoms with Crippen LogP contribution in [0.1, 0.15) is 19.3 Å². The Balaban J connectivity index is 1.41. The second-order valence-corrected chi connectivity index (χ2v) is 7.49. The van der Waals surface area contributed by atoms with Gasteiger partial charge in [-0.05, 0) is 50.9 Å². The molecule has 1 aromatic carbocycles. The van der Waals surface area contributed by atoms with Gasteiger partial charge in [0.2, 0.25) is 11.8 Å². The lowest BCUT2D eigenvalue weighted by atomic mass is 9.95. The molecule has 3 aliphatic rings. The van der Waals surface area contributed by atoms with Crippen molar-refractivity contribution in [1.29, 1.82) is 0 Å². The molecular formula is C20H27N3O4. The number of rotatable bonds is 4. The predicted molar refractivity (Wildman–Crippen MR) is 101 cm³/mol. The van der Waals surface area contributed by atoms with E-state index in [2.05, 4.69) is 5.32 Å². The zero-order valence-electron chi connectivity index (χ0n) is 15.8. The van der Waals surface area contributed by atoms with E-state index in [1.807, 2.05) is 30.1 Å². The van der Waals surface area contributed by atoms with Crippen molar-refractivity contribution in [3.05, 3.63) is 18.2 Å². The molecule has 7 nitrogen and oxygen atoms in total. The maximum Gasteiger partial charge on any atom is 0.239 e. The second-order valence-electron chi connectivity index (χ2n) is 7.49. The summed E-state index contributed by atoms with van der Waals surface area (Å²) in [6, 6.07) is 5.53. The molecule has 1 atom stereocenters. The van der Waals surface area contributed by atoms with E-state index >= 15 is 0 Å². The summed E-state index contributed by atoms with van der Waals surface area (Å²) < 4.78 is 11.2. The molecule has 146 valence electrons. The van der Waals surface area contributed by atoms with Gasteiger partial charge in [-0.15, -0.1) is 0 Å². The van der Waals surface area contributed by atoms with Crippen LogP contribution in [0.2, 0.25) is 0 Å². The highest BCUT2D eigenvalue weighted by Gasteiger charge is 2.40. The largest absolute Gasteiger partial charge is 0.486 e. The van der Waals surface area contributed by atoms with Crippen molar-refractivity contribution in [2.75, 3.05) is 51.3 Å². The third-order valence-corrected chi connectivity index (χ3v) is 5.76. The lowest BCUT2D eigenvalue weighted by Gasteiger charge is -2.33. The molecule has 0 spiro atoms. The fraction of sp³-hybridized carbons (Fsp3) is 0.600. The van der Waals surface area contributed by atoms with Gasteiger partial charge in [-0.3, -0.25) is 9.59 Å². The molecule has 4 rings (SSSR count). The minimum absolute atomic E-state index is 0.0112. The van der Waals surface area contributed by atoms with Crippen molar-refractivity contribution in [1.82, 2.24) is 10.2 Å². The fourth-order valence-electron chi connectivity index (χ4n) is 4.23. The van der Waals surface area contributed by atoms with Gasteiger partial charge in [-0.1, -0.05) is 0 Å². The lowest BCUT2D eigenvalue weighted by Crippen LogP contribution is -2.45. The molecule has 0 radical (unpaired) electrons. The summed E-state index contributed by atoms with van der Waals surface area (Å²) in [6.45, 7) is 4.09. The molecule has 2 amide bonds. The number of piperidine rings is 1. The average Bonchev–Trinajstić information content (AvgIpc) is 3.09. The van der Waals surface area contributed by atoms with Gasteiger partial charge in [-0.25, -0.2) is 0 Å². The molecule has 1 unspecified atom stereocenters. The van der Waals surface area contributed by atoms with Crippen LogP contribution in [-0.4, -0.2) is 63.2 Å². The lowest BCUT2D eigenvalue weighted by molar-refractivity contribution is -0.141. The number of carbonyl (C=O) groups is 2. The summed E-state index contributed by atoms with van der Waals surface area (Å²) >= 11 is 0. The van der Waals surface area contributed by atoms with Gasteiger partial charge in [0.05, 0.1) is 0 Å². The quantitative estimate of drug-likeness (QED) is 0.805. The average molecular weight is 373 g/mol. The van der Waals surface area contributed by atoms with Gasteiger partial charge in [-0.2, -0.15) is 0 Å². The molecule has 3 heterocycles. The Labute approximate surface area is 159 Å². The van der Waals surface area contributed by atoms with Crippen molar-refractivity contribution >= 4 is 17.5 Å². The first-order chi connectivity index (χ1) is 13.2. The zero-order valence-corrected chi connectivity index (χ0v) is 15.8. The summed E-state index contributed by atoms with van der Waals surface area (Å²) in [6.07, 6.45) is 2.57. The predicted octanol–water partition coefficient (Wildman–Crippen LogP) is 1.27. The van der Waals surface area contributed by atoms with Gasteiger partial charge < -0.3 is 24.6 Å². The van der Waals surface area contributed by atoms with Crippen molar-refractivity contribution < 1.29 is 19.1 Å². The van der Waals surface area contributed by atoms with Crippen molar-refractivity contribution in [2.45, 2.75) is 19.3 Å². The number of anilines is 1. The Morgan fingerprint density at radius 2 is 1.85 bits per heavy atom. The van der Waals surface area contributed by atoms with Crippen molar-refractivity contribution in [2.24, 2.45) is 11.8 Å². The van der Waals surface area contributed by atoms with Gasteiger partial charge >= 0.3 is 0 Å². The SMILES string of the molecule is CNCC1CCN(C(=O)C2CCN(c3ccc4c(c3)OCCO4)C2=O)CC1. The van der Waals surface area contributed by atoms with Crippen LogP contribution in [0.25, 0.3) is 0 Å². The normalized spacial score (nSPS) is 23.0. The fourth-order valence-corrected chi connectivity index (χ4v) is 4.23. The molecule has 0 aromatic heterocycles. The number of amides is 2. The van der Waals surface area contributed by atoms with E-state index in [9.17, 15) is 9.59 Å². The van der Waals surface area contributed by atoms with E-state index in [-0.39, 0.29) is 11.8 Å². The standard InChI is InChI=1S/C20H27N3O4/c1-21-13-14-4-7-22(8-5-14)19(24)16-6-9-23(20(16)25)15-2-3-17-18(12-15)27-11-10-26-17/h2-3,12,14,16,21H,4-11,13H2,1H3. The van der Waals surface area contributed by atoms with Gasteiger partial charge in [0, 0.05) is 31.4 Å². The van der Waals surface area contributed by atoms with Gasteiger partial charge in [0.1, 0.15) is 19.1 Å². The third kappa shape index (κ3) is 3.60. The Morgan fingerprint density at radius 3 is 2.59 bits per heavy atom. The summed E-state index contributed by atoms with van der Waals surface area (Å²) in [7, 11) is 1.96. The van der Waals surface area contributed by atoms with Crippen LogP contribution < -0.4 is 19.7 Å². The molecule has 3 aliphatic heterocycles. The minimum Gasteiger partial charge on any atom is -0.486 e. The van der Waals surface area contributed by atoms with Crippen LogP contribution in [0.3, 0.4) is 0 Å². The number of fused-ring (bicyclic) bond motifs is 1. The molecule has 27 heavy (non-hydrogen) atoms. The molecule has 2 fully saturated rings. The van der Waals surface area contributed by atoms with E-state index in [0.29, 0.717) is 43.6 Å². The second kappa shape index (κ2) is 7.76. The van der Waals surface area contributed by atoms with Gasteiger partial charge in [0.25, 0.3) is 0 Å². The molecule has 0 saturated carbocycles. The first kappa shape index (κ1) is 18.1. The number of carbonyl (C=O) groups excluding carboxylic acids is 2. The maximum absolute atomic E-state index is 12.9. The first-order valence-corrected chi connectivity index (χ1v) is 9.82. The molecule has 1 aromatic rings. The summed E-state index contributed by atoms with van der Waals surface area (Å²) in [5.74, 6) is 1.31. The highest BCUT2D eigenvalue weighted by Crippen LogP contribution is 2.36. The number of ether oxygens (including phenoxy) is 2. The molecule has 0 aliphatic carbocycles. The van der Waals surface area contributed by atoms with Crippen LogP contribution in [0.15, 0.2) is 18.2 Å². The Kier molecular flexibility index (Phi) is 5.20.